The first kappa shape index (κ1) is 22.3. The van der Waals surface area contributed by atoms with Gasteiger partial charge in [-0.15, -0.1) is 0 Å². The normalized spacial score (nSPS) is 14.9. The van der Waals surface area contributed by atoms with Gasteiger partial charge in [-0.25, -0.2) is 14.4 Å². The minimum Gasteiger partial charge on any atom is -0.492 e. The van der Waals surface area contributed by atoms with E-state index in [0.717, 1.165) is 6.07 Å². The smallest absolute Gasteiger partial charge is 0.425 e. The van der Waals surface area contributed by atoms with Gasteiger partial charge in [0.2, 0.25) is 6.10 Å². The van der Waals surface area contributed by atoms with E-state index >= 15 is 0 Å². The number of benzene rings is 1. The molecule has 166 valence electrons. The molecule has 11 heteroatoms. The maximum Gasteiger partial charge on any atom is 0.425 e. The minimum atomic E-state index is -4.76. The van der Waals surface area contributed by atoms with Crippen molar-refractivity contribution in [3.63, 3.8) is 0 Å². The molecular formula is C20H21F4N5O2. The summed E-state index contributed by atoms with van der Waals surface area (Å²) in [4.78, 5) is 12.0. The van der Waals surface area contributed by atoms with Crippen LogP contribution in [0.4, 0.5) is 23.2 Å². The molecule has 2 aromatic rings. The summed E-state index contributed by atoms with van der Waals surface area (Å²) in [6.07, 6.45) is -6.33. The van der Waals surface area contributed by atoms with Crippen LogP contribution in [0.15, 0.2) is 40.4 Å². The number of amidine groups is 2. The average molecular weight is 439 g/mol. The maximum atomic E-state index is 14.5. The van der Waals surface area contributed by atoms with E-state index in [-0.39, 0.29) is 12.1 Å². The molecule has 1 aromatic carbocycles. The van der Waals surface area contributed by atoms with Gasteiger partial charge in [0.1, 0.15) is 17.3 Å². The van der Waals surface area contributed by atoms with Crippen LogP contribution in [-0.2, 0) is 17.7 Å². The van der Waals surface area contributed by atoms with E-state index in [2.05, 4.69) is 25.0 Å². The number of alkyl halides is 3. The highest BCUT2D eigenvalue weighted by molar-refractivity contribution is 6.08. The number of rotatable bonds is 6. The first-order valence-electron chi connectivity index (χ1n) is 9.38. The van der Waals surface area contributed by atoms with Crippen molar-refractivity contribution in [1.82, 2.24) is 4.98 Å². The molecule has 31 heavy (non-hydrogen) atoms. The molecule has 0 bridgehead atoms. The Morgan fingerprint density at radius 3 is 2.71 bits per heavy atom. The van der Waals surface area contributed by atoms with Crippen LogP contribution < -0.4 is 15.8 Å². The Morgan fingerprint density at radius 1 is 1.32 bits per heavy atom. The number of aromatic nitrogens is 1. The van der Waals surface area contributed by atoms with E-state index in [4.69, 9.17) is 10.5 Å². The van der Waals surface area contributed by atoms with Gasteiger partial charge in [0.15, 0.2) is 5.84 Å². The fourth-order valence-electron chi connectivity index (χ4n) is 2.93. The lowest BCUT2D eigenvalue weighted by Crippen LogP contribution is -2.38. The number of nitrogens with two attached hydrogens (primary N) is 1. The number of hydrogen-bond donors (Lipinski definition) is 2. The Bertz CT molecular complexity index is 990. The molecule has 1 atom stereocenters. The molecule has 0 amide bonds. The number of ether oxygens (including phenoxy) is 2. The number of fused-ring (bicyclic) bond motifs is 1. The van der Waals surface area contributed by atoms with Gasteiger partial charge >= 0.3 is 6.18 Å². The Hall–Kier alpha value is -3.37. The number of nitrogens with one attached hydrogen (secondary N) is 1. The van der Waals surface area contributed by atoms with Crippen molar-refractivity contribution in [1.29, 1.82) is 0 Å². The number of halogens is 4. The third-order valence-electron chi connectivity index (χ3n) is 4.48. The molecule has 3 N–H and O–H groups in total. The standard InChI is InChI=1S/C20H21F4N5O2/c1-3-30-13-4-5-15(27-10-13)18-28-9-12-6-14(21)11(7-16(12)29-18)8-17(20(22,23)24)31-19(25)26-2/h4-7,10,17H,3,8-9H2,1-2H3,(H2,25,26)(H,28,29)/t17-/m0/s1. The lowest BCUT2D eigenvalue weighted by atomic mass is 10.0. The van der Waals surface area contributed by atoms with Gasteiger partial charge in [0, 0.05) is 24.7 Å². The molecule has 0 saturated carbocycles. The molecule has 0 aliphatic carbocycles. The fourth-order valence-corrected chi connectivity index (χ4v) is 2.93. The van der Waals surface area contributed by atoms with E-state index in [9.17, 15) is 17.6 Å². The number of anilines is 1. The van der Waals surface area contributed by atoms with Gasteiger partial charge in [0.05, 0.1) is 19.3 Å². The van der Waals surface area contributed by atoms with Gasteiger partial charge in [-0.1, -0.05) is 0 Å². The molecule has 1 aliphatic rings. The van der Waals surface area contributed by atoms with Crippen molar-refractivity contribution in [2.45, 2.75) is 32.2 Å². The molecule has 0 saturated heterocycles. The summed E-state index contributed by atoms with van der Waals surface area (Å²) in [6, 6.07) is 5.28. The zero-order valence-corrected chi connectivity index (χ0v) is 16.8. The van der Waals surface area contributed by atoms with Crippen LogP contribution in [0.1, 0.15) is 23.7 Å². The summed E-state index contributed by atoms with van der Waals surface area (Å²) in [5.74, 6) is 0.225. The van der Waals surface area contributed by atoms with Crippen molar-refractivity contribution in [3.05, 3.63) is 53.1 Å². The molecule has 1 aromatic heterocycles. The van der Waals surface area contributed by atoms with E-state index < -0.39 is 30.5 Å². The van der Waals surface area contributed by atoms with Gasteiger partial charge in [-0.2, -0.15) is 13.2 Å². The monoisotopic (exact) mass is 439 g/mol. The Kier molecular flexibility index (Phi) is 6.62. The summed E-state index contributed by atoms with van der Waals surface area (Å²) in [5.41, 5.74) is 6.56. The Morgan fingerprint density at radius 2 is 2.10 bits per heavy atom. The van der Waals surface area contributed by atoms with Crippen LogP contribution in [0.25, 0.3) is 0 Å². The lowest BCUT2D eigenvalue weighted by molar-refractivity contribution is -0.198. The number of hydrogen-bond acceptors (Lipinski definition) is 6. The molecule has 1 aliphatic heterocycles. The van der Waals surface area contributed by atoms with Crippen molar-refractivity contribution >= 4 is 17.5 Å². The molecule has 0 fully saturated rings. The molecular weight excluding hydrogens is 418 g/mol. The first-order valence-corrected chi connectivity index (χ1v) is 9.38. The topological polar surface area (TPSA) is 94.1 Å². The van der Waals surface area contributed by atoms with Crippen molar-refractivity contribution in [2.75, 3.05) is 19.0 Å². The number of aliphatic imine (C=N–C) groups is 2. The average Bonchev–Trinajstić information content (AvgIpc) is 2.73. The van der Waals surface area contributed by atoms with E-state index in [1.54, 1.807) is 18.3 Å². The summed E-state index contributed by atoms with van der Waals surface area (Å²) in [5, 5.41) is 3.01. The van der Waals surface area contributed by atoms with Gasteiger partial charge in [-0.3, -0.25) is 4.99 Å². The molecule has 0 radical (unpaired) electrons. The second-order valence-corrected chi connectivity index (χ2v) is 6.62. The fraction of sp³-hybridized carbons (Fsp3) is 0.350. The zero-order chi connectivity index (χ0) is 22.6. The number of nitrogens with zero attached hydrogens (tertiary/aromatic N) is 3. The predicted molar refractivity (Wildman–Crippen MR) is 108 cm³/mol. The zero-order valence-electron chi connectivity index (χ0n) is 16.8. The quantitative estimate of drug-likeness (QED) is 0.409. The third kappa shape index (κ3) is 5.41. The lowest BCUT2D eigenvalue weighted by Gasteiger charge is -2.23. The van der Waals surface area contributed by atoms with Crippen molar-refractivity contribution in [2.24, 2.45) is 15.7 Å². The maximum absolute atomic E-state index is 14.5. The Balaban J connectivity index is 1.83. The summed E-state index contributed by atoms with van der Waals surface area (Å²) in [6.45, 7) is 2.50. The molecule has 7 nitrogen and oxygen atoms in total. The van der Waals surface area contributed by atoms with Crippen LogP contribution >= 0.6 is 0 Å². The third-order valence-corrected chi connectivity index (χ3v) is 4.48. The highest BCUT2D eigenvalue weighted by Crippen LogP contribution is 2.31. The molecule has 0 spiro atoms. The van der Waals surface area contributed by atoms with Gasteiger partial charge in [-0.05, 0) is 36.8 Å². The van der Waals surface area contributed by atoms with Gasteiger partial charge < -0.3 is 20.5 Å². The van der Waals surface area contributed by atoms with Crippen LogP contribution in [0.5, 0.6) is 5.75 Å². The molecule has 3 rings (SSSR count). The highest BCUT2D eigenvalue weighted by atomic mass is 19.4. The van der Waals surface area contributed by atoms with E-state index in [0.29, 0.717) is 35.1 Å². The first-order chi connectivity index (χ1) is 14.7. The van der Waals surface area contributed by atoms with Crippen molar-refractivity contribution < 1.29 is 27.0 Å². The Labute approximate surface area is 176 Å². The van der Waals surface area contributed by atoms with E-state index in [1.165, 1.54) is 13.1 Å². The van der Waals surface area contributed by atoms with Crippen LogP contribution in [-0.4, -0.2) is 42.8 Å². The second kappa shape index (κ2) is 9.19. The molecule has 2 heterocycles. The summed E-state index contributed by atoms with van der Waals surface area (Å²) >= 11 is 0. The van der Waals surface area contributed by atoms with E-state index in [1.807, 2.05) is 6.92 Å². The largest absolute Gasteiger partial charge is 0.492 e. The van der Waals surface area contributed by atoms with Crippen molar-refractivity contribution in [3.8, 4) is 5.75 Å². The second-order valence-electron chi connectivity index (χ2n) is 6.62. The number of pyridine rings is 1. The van der Waals surface area contributed by atoms with Crippen LogP contribution in [0.3, 0.4) is 0 Å². The molecule has 0 unspecified atom stereocenters. The highest BCUT2D eigenvalue weighted by Gasteiger charge is 2.42. The SMILES string of the molecule is CCOc1ccc(C2=NCc3cc(F)c(C[C@H](OC(N)=NC)C(F)(F)F)cc3N2)nc1. The van der Waals surface area contributed by atoms with Crippen LogP contribution in [0.2, 0.25) is 0 Å². The van der Waals surface area contributed by atoms with Crippen LogP contribution in [0, 0.1) is 5.82 Å². The van der Waals surface area contributed by atoms with Gasteiger partial charge in [0.25, 0.3) is 6.02 Å². The summed E-state index contributed by atoms with van der Waals surface area (Å²) < 4.78 is 64.5. The predicted octanol–water partition coefficient (Wildman–Crippen LogP) is 3.43. The minimum absolute atomic E-state index is 0.151. The summed E-state index contributed by atoms with van der Waals surface area (Å²) in [7, 11) is 1.20.